The van der Waals surface area contributed by atoms with Crippen LogP contribution < -0.4 is 4.90 Å². The largest absolute Gasteiger partial charge is 0.405 e. The molecule has 1 heterocycles. The minimum absolute atomic E-state index is 0.0935. The van der Waals surface area contributed by atoms with E-state index in [9.17, 15) is 23.3 Å². The first kappa shape index (κ1) is 14.4. The molecule has 1 aromatic rings. The Bertz CT molecular complexity index is 480. The summed E-state index contributed by atoms with van der Waals surface area (Å²) < 4.78 is 36.7. The molecule has 10 heteroatoms. The summed E-state index contributed by atoms with van der Waals surface area (Å²) in [6, 6.07) is 0. The van der Waals surface area contributed by atoms with E-state index in [-0.39, 0.29) is 11.0 Å². The maximum absolute atomic E-state index is 12.2. The van der Waals surface area contributed by atoms with Crippen molar-refractivity contribution in [3.63, 3.8) is 0 Å². The van der Waals surface area contributed by atoms with E-state index in [0.717, 1.165) is 7.05 Å². The zero-order valence-corrected chi connectivity index (χ0v) is 10.1. The van der Waals surface area contributed by atoms with Crippen LogP contribution in [0.15, 0.2) is 0 Å². The van der Waals surface area contributed by atoms with Crippen LogP contribution in [0, 0.1) is 17.0 Å². The number of halogens is 4. The monoisotopic (exact) mass is 284 g/mol. The van der Waals surface area contributed by atoms with Crippen molar-refractivity contribution in [2.45, 2.75) is 13.1 Å². The average Bonchev–Trinajstić information content (AvgIpc) is 2.12. The van der Waals surface area contributed by atoms with E-state index in [2.05, 4.69) is 9.97 Å². The van der Waals surface area contributed by atoms with Crippen LogP contribution >= 0.6 is 11.6 Å². The van der Waals surface area contributed by atoms with Crippen molar-refractivity contribution in [3.8, 4) is 0 Å². The second-order valence-corrected chi connectivity index (χ2v) is 3.82. The third-order valence-electron chi connectivity index (χ3n) is 1.97. The first-order chi connectivity index (χ1) is 8.11. The molecule has 18 heavy (non-hydrogen) atoms. The van der Waals surface area contributed by atoms with Crippen molar-refractivity contribution in [2.24, 2.45) is 0 Å². The number of aryl methyl sites for hydroxylation is 1. The van der Waals surface area contributed by atoms with Crippen LogP contribution in [0.25, 0.3) is 0 Å². The van der Waals surface area contributed by atoms with Crippen molar-refractivity contribution in [1.29, 1.82) is 0 Å². The average molecular weight is 285 g/mol. The van der Waals surface area contributed by atoms with Crippen molar-refractivity contribution in [2.75, 3.05) is 18.5 Å². The first-order valence-corrected chi connectivity index (χ1v) is 4.96. The Morgan fingerprint density at radius 1 is 1.44 bits per heavy atom. The molecule has 0 aromatic carbocycles. The Hall–Kier alpha value is -1.64. The second kappa shape index (κ2) is 4.92. The van der Waals surface area contributed by atoms with Gasteiger partial charge in [-0.15, -0.1) is 0 Å². The van der Waals surface area contributed by atoms with Crippen LogP contribution in [-0.2, 0) is 0 Å². The molecule has 1 rings (SSSR count). The van der Waals surface area contributed by atoms with Gasteiger partial charge in [-0.05, 0) is 18.5 Å². The molecular formula is C8H8ClF3N4O2. The Balaban J connectivity index is 3.26. The van der Waals surface area contributed by atoms with E-state index in [1.165, 1.54) is 6.92 Å². The molecule has 0 aliphatic rings. The van der Waals surface area contributed by atoms with Crippen LogP contribution in [0.1, 0.15) is 5.69 Å². The van der Waals surface area contributed by atoms with Crippen LogP contribution in [-0.4, -0.2) is 34.7 Å². The normalized spacial score (nSPS) is 11.4. The molecule has 100 valence electrons. The van der Waals surface area contributed by atoms with Gasteiger partial charge in [0.05, 0.1) is 4.92 Å². The maximum Gasteiger partial charge on any atom is 0.405 e. The number of hydrogen-bond acceptors (Lipinski definition) is 5. The van der Waals surface area contributed by atoms with Gasteiger partial charge in [0.1, 0.15) is 12.2 Å². The lowest BCUT2D eigenvalue weighted by atomic mass is 10.3. The van der Waals surface area contributed by atoms with Gasteiger partial charge >= 0.3 is 11.9 Å². The van der Waals surface area contributed by atoms with Crippen molar-refractivity contribution >= 4 is 23.1 Å². The molecule has 0 spiro atoms. The minimum atomic E-state index is -4.51. The molecule has 0 saturated carbocycles. The molecule has 0 N–H and O–H groups in total. The SMILES string of the molecule is Cc1nc(Cl)nc(N(C)CC(F)(F)F)c1[N+](=O)[O-]. The van der Waals surface area contributed by atoms with E-state index < -0.39 is 29.1 Å². The van der Waals surface area contributed by atoms with Gasteiger partial charge in [0.15, 0.2) is 0 Å². The highest BCUT2D eigenvalue weighted by atomic mass is 35.5. The Morgan fingerprint density at radius 3 is 2.44 bits per heavy atom. The van der Waals surface area contributed by atoms with Gasteiger partial charge < -0.3 is 4.90 Å². The van der Waals surface area contributed by atoms with Crippen LogP contribution in [0.2, 0.25) is 5.28 Å². The highest BCUT2D eigenvalue weighted by Gasteiger charge is 2.33. The van der Waals surface area contributed by atoms with Crippen LogP contribution in [0.5, 0.6) is 0 Å². The lowest BCUT2D eigenvalue weighted by molar-refractivity contribution is -0.385. The number of anilines is 1. The minimum Gasteiger partial charge on any atom is -0.345 e. The molecule has 0 amide bonds. The summed E-state index contributed by atoms with van der Waals surface area (Å²) >= 11 is 5.49. The zero-order valence-electron chi connectivity index (χ0n) is 9.32. The fourth-order valence-corrected chi connectivity index (χ4v) is 1.55. The van der Waals surface area contributed by atoms with Gasteiger partial charge in [-0.1, -0.05) is 0 Å². The predicted octanol–water partition coefficient (Wildman–Crippen LogP) is 2.35. The molecule has 1 aromatic heterocycles. The van der Waals surface area contributed by atoms with Gasteiger partial charge in [-0.3, -0.25) is 10.1 Å². The summed E-state index contributed by atoms with van der Waals surface area (Å²) in [6.45, 7) is -0.1000. The summed E-state index contributed by atoms with van der Waals surface area (Å²) in [4.78, 5) is 17.6. The van der Waals surface area contributed by atoms with E-state index >= 15 is 0 Å². The summed E-state index contributed by atoms with van der Waals surface area (Å²) in [5.74, 6) is -0.463. The second-order valence-electron chi connectivity index (χ2n) is 3.48. The van der Waals surface area contributed by atoms with Gasteiger partial charge in [0, 0.05) is 7.05 Å². The molecule has 0 aliphatic carbocycles. The third-order valence-corrected chi connectivity index (χ3v) is 2.14. The summed E-state index contributed by atoms with van der Waals surface area (Å²) in [7, 11) is 1.04. The number of hydrogen-bond donors (Lipinski definition) is 0. The van der Waals surface area contributed by atoms with Crippen molar-refractivity contribution in [3.05, 3.63) is 21.1 Å². The number of nitrogens with zero attached hydrogens (tertiary/aromatic N) is 4. The Kier molecular flexibility index (Phi) is 3.95. The summed E-state index contributed by atoms with van der Waals surface area (Å²) in [6.07, 6.45) is -4.51. The quantitative estimate of drug-likeness (QED) is 0.484. The molecule has 6 nitrogen and oxygen atoms in total. The van der Waals surface area contributed by atoms with Gasteiger partial charge in [-0.2, -0.15) is 18.2 Å². The molecule has 0 radical (unpaired) electrons. The van der Waals surface area contributed by atoms with E-state index in [0.29, 0.717) is 4.90 Å². The molecular weight excluding hydrogens is 277 g/mol. The third kappa shape index (κ3) is 3.42. The van der Waals surface area contributed by atoms with Crippen molar-refractivity contribution in [1.82, 2.24) is 9.97 Å². The molecule has 0 aliphatic heterocycles. The van der Waals surface area contributed by atoms with Crippen LogP contribution in [0.3, 0.4) is 0 Å². The lowest BCUT2D eigenvalue weighted by Crippen LogP contribution is -2.32. The van der Waals surface area contributed by atoms with E-state index in [1.807, 2.05) is 0 Å². The van der Waals surface area contributed by atoms with Crippen molar-refractivity contribution < 1.29 is 18.1 Å². The van der Waals surface area contributed by atoms with Gasteiger partial charge in [0.25, 0.3) is 0 Å². The van der Waals surface area contributed by atoms with Gasteiger partial charge in [-0.25, -0.2) is 4.98 Å². The number of rotatable bonds is 3. The smallest absolute Gasteiger partial charge is 0.345 e. The van der Waals surface area contributed by atoms with Crippen LogP contribution in [0.4, 0.5) is 24.7 Å². The predicted molar refractivity (Wildman–Crippen MR) is 57.8 cm³/mol. The fraction of sp³-hybridized carbons (Fsp3) is 0.500. The lowest BCUT2D eigenvalue weighted by Gasteiger charge is -2.19. The Labute approximate surface area is 105 Å². The highest BCUT2D eigenvalue weighted by Crippen LogP contribution is 2.30. The number of aromatic nitrogens is 2. The highest BCUT2D eigenvalue weighted by molar-refractivity contribution is 6.28. The van der Waals surface area contributed by atoms with E-state index in [1.54, 1.807) is 0 Å². The van der Waals surface area contributed by atoms with Gasteiger partial charge in [0.2, 0.25) is 11.1 Å². The Morgan fingerprint density at radius 2 is 2.00 bits per heavy atom. The first-order valence-electron chi connectivity index (χ1n) is 4.58. The summed E-state index contributed by atoms with van der Waals surface area (Å²) in [5, 5.41) is 10.5. The number of alkyl halides is 3. The molecule has 0 fully saturated rings. The number of nitro groups is 1. The molecule has 0 unspecified atom stereocenters. The topological polar surface area (TPSA) is 72.2 Å². The molecule has 0 atom stereocenters. The zero-order chi connectivity index (χ0) is 14.1. The molecule has 0 bridgehead atoms. The standard InChI is InChI=1S/C8H8ClF3N4O2/c1-4-5(16(17)18)6(14-7(9)13-4)15(2)3-8(10,11)12/h3H2,1-2H3. The fourth-order valence-electron chi connectivity index (χ4n) is 1.34. The maximum atomic E-state index is 12.2. The molecule has 0 saturated heterocycles. The summed E-state index contributed by atoms with van der Waals surface area (Å²) in [5.41, 5.74) is -0.685. The van der Waals surface area contributed by atoms with E-state index in [4.69, 9.17) is 11.6 Å².